The zero-order valence-corrected chi connectivity index (χ0v) is 19.1. The molecule has 1 heterocycles. The SMILES string of the molecule is O=C(CN1C(=O)NC(Cc2ccccc2)(Cc2ccccc2)C1=O)NC(=O)NCc1ccccc1. The molecule has 1 saturated heterocycles. The van der Waals surface area contributed by atoms with E-state index in [1.54, 1.807) is 0 Å². The summed E-state index contributed by atoms with van der Waals surface area (Å²) in [7, 11) is 0. The number of rotatable bonds is 8. The smallest absolute Gasteiger partial charge is 0.325 e. The molecule has 0 spiro atoms. The summed E-state index contributed by atoms with van der Waals surface area (Å²) in [6.45, 7) is -0.324. The van der Waals surface area contributed by atoms with Crippen LogP contribution in [0.25, 0.3) is 0 Å². The number of amides is 6. The summed E-state index contributed by atoms with van der Waals surface area (Å²) in [6.07, 6.45) is 0.534. The number of hydrogen-bond acceptors (Lipinski definition) is 4. The van der Waals surface area contributed by atoms with Crippen molar-refractivity contribution >= 4 is 23.9 Å². The summed E-state index contributed by atoms with van der Waals surface area (Å²) >= 11 is 0. The van der Waals surface area contributed by atoms with Crippen LogP contribution in [-0.4, -0.2) is 40.9 Å². The molecular formula is C27H26N4O4. The lowest BCUT2D eigenvalue weighted by atomic mass is 9.84. The molecule has 0 saturated carbocycles. The Kier molecular flexibility index (Phi) is 7.21. The van der Waals surface area contributed by atoms with Crippen molar-refractivity contribution in [3.8, 4) is 0 Å². The van der Waals surface area contributed by atoms with Crippen molar-refractivity contribution < 1.29 is 19.2 Å². The minimum atomic E-state index is -1.24. The maximum absolute atomic E-state index is 13.5. The molecule has 1 fully saturated rings. The molecule has 0 atom stereocenters. The first-order valence-electron chi connectivity index (χ1n) is 11.3. The van der Waals surface area contributed by atoms with E-state index in [-0.39, 0.29) is 19.4 Å². The van der Waals surface area contributed by atoms with E-state index in [1.807, 2.05) is 91.0 Å². The first kappa shape index (κ1) is 23.7. The summed E-state index contributed by atoms with van der Waals surface area (Å²) < 4.78 is 0. The molecule has 35 heavy (non-hydrogen) atoms. The predicted molar refractivity (Wildman–Crippen MR) is 130 cm³/mol. The number of carbonyl (C=O) groups excluding carboxylic acids is 4. The van der Waals surface area contributed by atoms with Gasteiger partial charge in [0.1, 0.15) is 12.1 Å². The van der Waals surface area contributed by atoms with E-state index in [1.165, 1.54) is 0 Å². The van der Waals surface area contributed by atoms with Crippen LogP contribution in [0.4, 0.5) is 9.59 Å². The Hall–Kier alpha value is -4.46. The summed E-state index contributed by atoms with van der Waals surface area (Å²) in [5, 5.41) is 7.59. The average Bonchev–Trinajstić information content (AvgIpc) is 3.08. The molecule has 0 radical (unpaired) electrons. The molecule has 1 aliphatic rings. The van der Waals surface area contributed by atoms with Gasteiger partial charge in [0.05, 0.1) is 0 Å². The van der Waals surface area contributed by atoms with Crippen molar-refractivity contribution in [3.05, 3.63) is 108 Å². The minimum Gasteiger partial charge on any atom is -0.334 e. The molecule has 6 amide bonds. The zero-order chi connectivity index (χ0) is 24.7. The Morgan fingerprint density at radius 1 is 0.743 bits per heavy atom. The minimum absolute atomic E-state index is 0.236. The standard InChI is InChI=1S/C27H26N4O4/c32-23(29-25(34)28-18-22-14-8-3-9-15-22)19-31-24(33)27(30-26(31)35,16-20-10-4-1-5-11-20)17-21-12-6-2-7-13-21/h1-15H,16-19H2,(H,30,35)(H2,28,29,32,34). The first-order chi connectivity index (χ1) is 16.9. The van der Waals surface area contributed by atoms with Gasteiger partial charge in [0.2, 0.25) is 5.91 Å². The molecule has 0 aliphatic carbocycles. The number of hydrogen-bond donors (Lipinski definition) is 3. The van der Waals surface area contributed by atoms with Crippen LogP contribution in [0.3, 0.4) is 0 Å². The molecule has 8 heteroatoms. The monoisotopic (exact) mass is 470 g/mol. The van der Waals surface area contributed by atoms with Gasteiger partial charge in [-0.3, -0.25) is 19.8 Å². The van der Waals surface area contributed by atoms with Crippen molar-refractivity contribution in [2.75, 3.05) is 6.54 Å². The highest BCUT2D eigenvalue weighted by Gasteiger charge is 2.51. The Bertz CT molecular complexity index is 1160. The van der Waals surface area contributed by atoms with Gasteiger partial charge in [-0.1, -0.05) is 91.0 Å². The van der Waals surface area contributed by atoms with Gasteiger partial charge in [-0.2, -0.15) is 0 Å². The van der Waals surface area contributed by atoms with Crippen molar-refractivity contribution in [2.45, 2.75) is 24.9 Å². The Morgan fingerprint density at radius 3 is 1.74 bits per heavy atom. The fourth-order valence-corrected chi connectivity index (χ4v) is 4.14. The molecule has 3 aromatic carbocycles. The highest BCUT2D eigenvalue weighted by molar-refractivity contribution is 6.10. The van der Waals surface area contributed by atoms with Crippen LogP contribution in [0, 0.1) is 0 Å². The van der Waals surface area contributed by atoms with Crippen molar-refractivity contribution in [2.24, 2.45) is 0 Å². The number of benzene rings is 3. The van der Waals surface area contributed by atoms with Crippen LogP contribution >= 0.6 is 0 Å². The second kappa shape index (κ2) is 10.6. The van der Waals surface area contributed by atoms with Gasteiger partial charge in [0, 0.05) is 19.4 Å². The zero-order valence-electron chi connectivity index (χ0n) is 19.1. The normalized spacial score (nSPS) is 14.3. The van der Waals surface area contributed by atoms with E-state index in [9.17, 15) is 19.2 Å². The van der Waals surface area contributed by atoms with Crippen molar-refractivity contribution in [1.29, 1.82) is 0 Å². The largest absolute Gasteiger partial charge is 0.334 e. The maximum Gasteiger partial charge on any atom is 0.325 e. The third-order valence-corrected chi connectivity index (χ3v) is 5.79. The lowest BCUT2D eigenvalue weighted by Crippen LogP contribution is -2.51. The van der Waals surface area contributed by atoms with Gasteiger partial charge in [0.25, 0.3) is 5.91 Å². The van der Waals surface area contributed by atoms with E-state index in [0.29, 0.717) is 0 Å². The second-order valence-corrected chi connectivity index (χ2v) is 8.44. The number of nitrogens with zero attached hydrogens (tertiary/aromatic N) is 1. The fourth-order valence-electron chi connectivity index (χ4n) is 4.14. The summed E-state index contributed by atoms with van der Waals surface area (Å²) in [5.74, 6) is -1.26. The summed E-state index contributed by atoms with van der Waals surface area (Å²) in [5.41, 5.74) is 1.39. The number of urea groups is 2. The fraction of sp³-hybridized carbons (Fsp3) is 0.185. The highest BCUT2D eigenvalue weighted by atomic mass is 16.2. The molecular weight excluding hydrogens is 444 g/mol. The second-order valence-electron chi connectivity index (χ2n) is 8.44. The van der Waals surface area contributed by atoms with Gasteiger partial charge in [-0.25, -0.2) is 9.59 Å². The molecule has 8 nitrogen and oxygen atoms in total. The van der Waals surface area contributed by atoms with E-state index in [4.69, 9.17) is 0 Å². The van der Waals surface area contributed by atoms with Crippen LogP contribution in [0.5, 0.6) is 0 Å². The Morgan fingerprint density at radius 2 is 1.23 bits per heavy atom. The number of carbonyl (C=O) groups is 4. The van der Waals surface area contributed by atoms with E-state index in [0.717, 1.165) is 21.6 Å². The summed E-state index contributed by atoms with van der Waals surface area (Å²) in [4.78, 5) is 51.9. The van der Waals surface area contributed by atoms with Gasteiger partial charge < -0.3 is 10.6 Å². The molecule has 0 bridgehead atoms. The first-order valence-corrected chi connectivity index (χ1v) is 11.3. The van der Waals surface area contributed by atoms with Gasteiger partial charge >= 0.3 is 12.1 Å². The lowest BCUT2D eigenvalue weighted by molar-refractivity contribution is -0.134. The third kappa shape index (κ3) is 5.92. The molecule has 0 unspecified atom stereocenters. The van der Waals surface area contributed by atoms with Gasteiger partial charge in [-0.05, 0) is 16.7 Å². The number of imide groups is 2. The quantitative estimate of drug-likeness (QED) is 0.440. The average molecular weight is 471 g/mol. The Balaban J connectivity index is 1.44. The molecule has 4 rings (SSSR count). The molecule has 3 aromatic rings. The highest BCUT2D eigenvalue weighted by Crippen LogP contribution is 2.27. The third-order valence-electron chi connectivity index (χ3n) is 5.79. The lowest BCUT2D eigenvalue weighted by Gasteiger charge is -2.27. The van der Waals surface area contributed by atoms with Crippen molar-refractivity contribution in [3.63, 3.8) is 0 Å². The van der Waals surface area contributed by atoms with E-state index < -0.39 is 36.0 Å². The van der Waals surface area contributed by atoms with Crippen LogP contribution in [-0.2, 0) is 29.0 Å². The summed E-state index contributed by atoms with van der Waals surface area (Å²) in [6, 6.07) is 26.6. The number of nitrogens with one attached hydrogen (secondary N) is 3. The van der Waals surface area contributed by atoms with Crippen LogP contribution in [0.15, 0.2) is 91.0 Å². The van der Waals surface area contributed by atoms with E-state index in [2.05, 4.69) is 16.0 Å². The topological polar surface area (TPSA) is 108 Å². The van der Waals surface area contributed by atoms with Gasteiger partial charge in [-0.15, -0.1) is 0 Å². The molecule has 3 N–H and O–H groups in total. The molecule has 0 aromatic heterocycles. The molecule has 178 valence electrons. The van der Waals surface area contributed by atoms with Gasteiger partial charge in [0.15, 0.2) is 0 Å². The van der Waals surface area contributed by atoms with Crippen LogP contribution in [0.2, 0.25) is 0 Å². The van der Waals surface area contributed by atoms with Crippen LogP contribution < -0.4 is 16.0 Å². The van der Waals surface area contributed by atoms with E-state index >= 15 is 0 Å². The molecule has 1 aliphatic heterocycles. The van der Waals surface area contributed by atoms with Crippen molar-refractivity contribution in [1.82, 2.24) is 20.9 Å². The Labute approximate surface area is 203 Å². The maximum atomic E-state index is 13.5. The van der Waals surface area contributed by atoms with Crippen LogP contribution in [0.1, 0.15) is 16.7 Å². The predicted octanol–water partition coefficient (Wildman–Crippen LogP) is 2.79.